The molecule has 0 aliphatic carbocycles. The zero-order chi connectivity index (χ0) is 6.57. The fourth-order valence-electron chi connectivity index (χ4n) is 0.417. The summed E-state index contributed by atoms with van der Waals surface area (Å²) in [6.07, 6.45) is 3.11. The van der Waals surface area contributed by atoms with Gasteiger partial charge in [-0.15, -0.1) is 11.8 Å². The maximum atomic E-state index is 4.99. The van der Waals surface area contributed by atoms with Gasteiger partial charge in [-0.2, -0.15) is 0 Å². The van der Waals surface area contributed by atoms with Crippen molar-refractivity contribution in [2.75, 3.05) is 6.26 Å². The number of hydrogen-bond acceptors (Lipinski definition) is 2. The van der Waals surface area contributed by atoms with E-state index in [1.54, 1.807) is 11.8 Å². The van der Waals surface area contributed by atoms with Gasteiger partial charge >= 0.3 is 0 Å². The molecule has 0 spiro atoms. The molecular weight excluding hydrogens is 136 g/mol. The van der Waals surface area contributed by atoms with Crippen molar-refractivity contribution in [2.24, 2.45) is 5.92 Å². The minimum absolute atomic E-state index is 0.718. The quantitative estimate of drug-likeness (QED) is 0.552. The molecule has 0 fully saturated rings. The third-order valence-electron chi connectivity index (χ3n) is 0.803. The number of thiocarbonyl (C=S) groups is 1. The summed E-state index contributed by atoms with van der Waals surface area (Å²) in [4.78, 5) is 0. The van der Waals surface area contributed by atoms with Crippen LogP contribution in [0.2, 0.25) is 0 Å². The third-order valence-corrected chi connectivity index (χ3v) is 2.09. The molecule has 0 atom stereocenters. The highest BCUT2D eigenvalue weighted by Gasteiger charge is 1.96. The van der Waals surface area contributed by atoms with Gasteiger partial charge in [0.05, 0.1) is 0 Å². The summed E-state index contributed by atoms with van der Waals surface area (Å²) in [6, 6.07) is 0. The van der Waals surface area contributed by atoms with Crippen LogP contribution in [0.15, 0.2) is 0 Å². The lowest BCUT2D eigenvalue weighted by Gasteiger charge is -2.01. The summed E-state index contributed by atoms with van der Waals surface area (Å²) >= 11 is 6.68. The molecule has 0 aliphatic rings. The average molecular weight is 148 g/mol. The molecule has 0 rings (SSSR count). The van der Waals surface area contributed by atoms with E-state index in [9.17, 15) is 0 Å². The Kier molecular flexibility index (Phi) is 4.57. The van der Waals surface area contributed by atoms with Gasteiger partial charge in [-0.3, -0.25) is 0 Å². The van der Waals surface area contributed by atoms with Crippen LogP contribution in [-0.4, -0.2) is 10.5 Å². The molecule has 2 heteroatoms. The van der Waals surface area contributed by atoms with E-state index in [1.807, 2.05) is 6.26 Å². The Labute approximate surface area is 61.0 Å². The first-order chi connectivity index (χ1) is 3.66. The van der Waals surface area contributed by atoms with E-state index in [0.29, 0.717) is 0 Å². The van der Waals surface area contributed by atoms with Crippen molar-refractivity contribution >= 4 is 28.2 Å². The Balaban J connectivity index is 3.25. The van der Waals surface area contributed by atoms with E-state index >= 15 is 0 Å². The average Bonchev–Trinajstić information content (AvgIpc) is 1.65. The van der Waals surface area contributed by atoms with Crippen molar-refractivity contribution in [3.63, 3.8) is 0 Å². The smallest absolute Gasteiger partial charge is 0.0478 e. The van der Waals surface area contributed by atoms with E-state index in [2.05, 4.69) is 13.8 Å². The van der Waals surface area contributed by atoms with Crippen LogP contribution in [0.5, 0.6) is 0 Å². The van der Waals surface area contributed by atoms with Crippen LogP contribution in [0.25, 0.3) is 0 Å². The first-order valence-corrected chi connectivity index (χ1v) is 4.37. The molecular formula is C6H12S2. The first kappa shape index (κ1) is 8.44. The number of hydrogen-bond donors (Lipinski definition) is 0. The summed E-state index contributed by atoms with van der Waals surface area (Å²) in [7, 11) is 0. The molecule has 0 aromatic rings. The maximum Gasteiger partial charge on any atom is 0.0478 e. The second-order valence-electron chi connectivity index (χ2n) is 2.17. The van der Waals surface area contributed by atoms with Crippen molar-refractivity contribution in [1.82, 2.24) is 0 Å². The molecule has 0 unspecified atom stereocenters. The second kappa shape index (κ2) is 4.33. The fourth-order valence-corrected chi connectivity index (χ4v) is 1.25. The van der Waals surface area contributed by atoms with Crippen LogP contribution >= 0.6 is 24.0 Å². The van der Waals surface area contributed by atoms with Crippen LogP contribution in [0.4, 0.5) is 0 Å². The highest BCUT2D eigenvalue weighted by Crippen LogP contribution is 2.09. The molecule has 0 N–H and O–H groups in total. The Morgan fingerprint density at radius 2 is 2.12 bits per heavy atom. The van der Waals surface area contributed by atoms with Crippen LogP contribution in [0.3, 0.4) is 0 Å². The van der Waals surface area contributed by atoms with Gasteiger partial charge in [-0.05, 0) is 18.6 Å². The van der Waals surface area contributed by atoms with E-state index in [0.717, 1.165) is 16.5 Å². The van der Waals surface area contributed by atoms with Gasteiger partial charge in [0.25, 0.3) is 0 Å². The topological polar surface area (TPSA) is 0 Å². The largest absolute Gasteiger partial charge is 0.122 e. The molecule has 48 valence electrons. The van der Waals surface area contributed by atoms with Crippen LogP contribution in [0, 0.1) is 5.92 Å². The molecule has 0 heterocycles. The molecule has 0 aromatic carbocycles. The highest BCUT2D eigenvalue weighted by molar-refractivity contribution is 8.22. The van der Waals surface area contributed by atoms with E-state index in [-0.39, 0.29) is 0 Å². The number of rotatable bonds is 2. The molecule has 0 amide bonds. The highest BCUT2D eigenvalue weighted by atomic mass is 32.2. The monoisotopic (exact) mass is 148 g/mol. The lowest BCUT2D eigenvalue weighted by Crippen LogP contribution is -1.93. The Hall–Kier alpha value is 0.440. The van der Waals surface area contributed by atoms with Crippen LogP contribution < -0.4 is 0 Å². The summed E-state index contributed by atoms with van der Waals surface area (Å²) in [6.45, 7) is 4.37. The van der Waals surface area contributed by atoms with Crippen molar-refractivity contribution < 1.29 is 0 Å². The third kappa shape index (κ3) is 4.60. The zero-order valence-electron chi connectivity index (χ0n) is 5.60. The van der Waals surface area contributed by atoms with Gasteiger partial charge < -0.3 is 0 Å². The van der Waals surface area contributed by atoms with Gasteiger partial charge in [0.1, 0.15) is 0 Å². The minimum atomic E-state index is 0.718. The van der Waals surface area contributed by atoms with E-state index in [1.165, 1.54) is 0 Å². The number of thioether (sulfide) groups is 1. The van der Waals surface area contributed by atoms with Gasteiger partial charge in [0.2, 0.25) is 0 Å². The van der Waals surface area contributed by atoms with E-state index < -0.39 is 0 Å². The van der Waals surface area contributed by atoms with Crippen LogP contribution in [0.1, 0.15) is 20.3 Å². The van der Waals surface area contributed by atoms with Gasteiger partial charge in [0, 0.05) is 4.20 Å². The SMILES string of the molecule is CSC(=S)CC(C)C. The fraction of sp³-hybridized carbons (Fsp3) is 0.833. The van der Waals surface area contributed by atoms with Crippen LogP contribution in [-0.2, 0) is 0 Å². The lowest BCUT2D eigenvalue weighted by molar-refractivity contribution is 0.692. The van der Waals surface area contributed by atoms with Gasteiger partial charge in [-0.1, -0.05) is 26.1 Å². The second-order valence-corrected chi connectivity index (χ2v) is 3.83. The summed E-state index contributed by atoms with van der Waals surface area (Å²) in [5.41, 5.74) is 0. The predicted octanol–water partition coefficient (Wildman–Crippen LogP) is 2.72. The zero-order valence-corrected chi connectivity index (χ0v) is 7.23. The standard InChI is InChI=1S/C6H12S2/c1-5(2)4-6(7)8-3/h5H,4H2,1-3H3. The Morgan fingerprint density at radius 3 is 2.25 bits per heavy atom. The predicted molar refractivity (Wildman–Crippen MR) is 45.6 cm³/mol. The van der Waals surface area contributed by atoms with Gasteiger partial charge in [0.15, 0.2) is 0 Å². The van der Waals surface area contributed by atoms with Crippen molar-refractivity contribution in [1.29, 1.82) is 0 Å². The van der Waals surface area contributed by atoms with Gasteiger partial charge in [-0.25, -0.2) is 0 Å². The maximum absolute atomic E-state index is 4.99. The van der Waals surface area contributed by atoms with E-state index in [4.69, 9.17) is 12.2 Å². The molecule has 0 radical (unpaired) electrons. The molecule has 0 bridgehead atoms. The summed E-state index contributed by atoms with van der Waals surface area (Å²) in [5.74, 6) is 0.718. The molecule has 8 heavy (non-hydrogen) atoms. The normalized spacial score (nSPS) is 10.0. The summed E-state index contributed by atoms with van der Waals surface area (Å²) < 4.78 is 1.12. The van der Waals surface area contributed by atoms with Crippen molar-refractivity contribution in [2.45, 2.75) is 20.3 Å². The van der Waals surface area contributed by atoms with Crippen molar-refractivity contribution in [3.05, 3.63) is 0 Å². The van der Waals surface area contributed by atoms with Crippen molar-refractivity contribution in [3.8, 4) is 0 Å². The molecule has 0 aromatic heterocycles. The Morgan fingerprint density at radius 1 is 1.62 bits per heavy atom. The Bertz CT molecular complexity index is 76.6. The molecule has 0 saturated heterocycles. The molecule has 0 nitrogen and oxygen atoms in total. The first-order valence-electron chi connectivity index (χ1n) is 2.73. The minimum Gasteiger partial charge on any atom is -0.122 e. The molecule has 0 saturated carbocycles. The lowest BCUT2D eigenvalue weighted by atomic mass is 10.2. The summed E-state index contributed by atoms with van der Waals surface area (Å²) in [5, 5.41) is 0. The molecule has 0 aliphatic heterocycles.